The third kappa shape index (κ3) is 15.7. The van der Waals surface area contributed by atoms with Gasteiger partial charge in [-0.15, -0.1) is 0 Å². The Bertz CT molecular complexity index is 569. The van der Waals surface area contributed by atoms with Crippen LogP contribution in [0.2, 0.25) is 0 Å². The van der Waals surface area contributed by atoms with Crippen LogP contribution in [-0.4, -0.2) is 55.4 Å². The van der Waals surface area contributed by atoms with Crippen LogP contribution in [0.5, 0.6) is 0 Å². The van der Waals surface area contributed by atoms with Crippen molar-refractivity contribution in [3.8, 4) is 0 Å². The summed E-state index contributed by atoms with van der Waals surface area (Å²) in [5.41, 5.74) is 0.655. The van der Waals surface area contributed by atoms with Crippen LogP contribution >= 0.6 is 7.81 Å². The molecule has 1 unspecified atom stereocenters. The van der Waals surface area contributed by atoms with Crippen molar-refractivity contribution in [2.75, 3.05) is 40.1 Å². The van der Waals surface area contributed by atoms with Gasteiger partial charge < -0.3 is 14.4 Å². The van der Waals surface area contributed by atoms with Crippen LogP contribution < -0.4 is 0 Å². The summed E-state index contributed by atoms with van der Waals surface area (Å²) < 4.78 is 70.3. The van der Waals surface area contributed by atoms with Gasteiger partial charge in [-0.3, -0.25) is 4.48 Å². The van der Waals surface area contributed by atoms with Crippen molar-refractivity contribution in [1.82, 2.24) is 4.90 Å². The number of ether oxygens (including phenoxy) is 2. The summed E-state index contributed by atoms with van der Waals surface area (Å²) in [5.74, 6) is -0.258. The molecule has 5 nitrogen and oxygen atoms in total. The first-order valence-corrected chi connectivity index (χ1v) is 10.8. The predicted molar refractivity (Wildman–Crippen MR) is 96.6 cm³/mol. The van der Waals surface area contributed by atoms with Crippen LogP contribution in [-0.2, 0) is 14.3 Å². The van der Waals surface area contributed by atoms with Crippen molar-refractivity contribution in [2.24, 2.45) is 0 Å². The number of rotatable bonds is 9. The number of quaternary nitrogens is 1. The first kappa shape index (κ1) is 26.7. The van der Waals surface area contributed by atoms with Crippen LogP contribution in [0, 0.1) is 0 Å². The average Bonchev–Trinajstić information content (AvgIpc) is 2.87. The van der Waals surface area contributed by atoms with Gasteiger partial charge in [0.25, 0.3) is 0 Å². The van der Waals surface area contributed by atoms with E-state index in [9.17, 15) is 30.0 Å². The van der Waals surface area contributed by atoms with Gasteiger partial charge in [0.2, 0.25) is 0 Å². The average molecular weight is 442 g/mol. The molecule has 0 amide bonds. The van der Waals surface area contributed by atoms with Crippen LogP contribution in [0.4, 0.5) is 25.2 Å². The van der Waals surface area contributed by atoms with Crippen molar-refractivity contribution in [2.45, 2.75) is 33.6 Å². The van der Waals surface area contributed by atoms with E-state index in [1.165, 1.54) is 0 Å². The topological polar surface area (TPSA) is 38.8 Å². The zero-order valence-corrected chi connectivity index (χ0v) is 17.4. The maximum atomic E-state index is 12.0. The van der Waals surface area contributed by atoms with Gasteiger partial charge in [-0.1, -0.05) is 13.3 Å². The molecule has 0 spiro atoms. The van der Waals surface area contributed by atoms with E-state index in [1.807, 2.05) is 27.1 Å². The molecule has 1 heterocycles. The molecule has 0 aromatic heterocycles. The molecule has 168 valence electrons. The Hall–Kier alpha value is -1.32. The van der Waals surface area contributed by atoms with Crippen LogP contribution in [0.15, 0.2) is 24.2 Å². The summed E-state index contributed by atoms with van der Waals surface area (Å²) in [6, 6.07) is 0. The minimum absolute atomic E-state index is 0.258. The maximum absolute atomic E-state index is 12.0. The van der Waals surface area contributed by atoms with Gasteiger partial charge >= 0.3 is 39.0 Å². The van der Waals surface area contributed by atoms with Crippen molar-refractivity contribution in [3.05, 3.63) is 24.2 Å². The molecule has 0 bridgehead atoms. The third-order valence-electron chi connectivity index (χ3n) is 3.47. The second-order valence-corrected chi connectivity index (χ2v) is 8.40. The quantitative estimate of drug-likeness (QED) is 0.112. The molecule has 1 rings (SSSR count). The number of unbranched alkanes of at least 4 members (excludes halogenated alkanes) is 1. The van der Waals surface area contributed by atoms with Crippen LogP contribution in [0.3, 0.4) is 0 Å². The van der Waals surface area contributed by atoms with Gasteiger partial charge in [-0.05, 0) is 20.3 Å². The van der Waals surface area contributed by atoms with E-state index in [0.717, 1.165) is 26.1 Å². The normalized spacial score (nSPS) is 22.2. The number of esters is 1. The summed E-state index contributed by atoms with van der Waals surface area (Å²) in [5, 5.41) is 0. The Morgan fingerprint density at radius 3 is 2.18 bits per heavy atom. The van der Waals surface area contributed by atoms with Crippen LogP contribution in [0.25, 0.3) is 0 Å². The molecule has 0 radical (unpaired) electrons. The fraction of sp³-hybridized carbons (Fsp3) is 0.688. The molecular formula is C16H29F6N2O3P. The zero-order chi connectivity index (χ0) is 22.1. The van der Waals surface area contributed by atoms with Crippen LogP contribution in [0.1, 0.15) is 33.6 Å². The zero-order valence-electron chi connectivity index (χ0n) is 16.5. The summed E-state index contributed by atoms with van der Waals surface area (Å²) >= 11 is 0. The fourth-order valence-corrected chi connectivity index (χ4v) is 2.39. The Labute approximate surface area is 161 Å². The molecule has 12 heteroatoms. The van der Waals surface area contributed by atoms with Gasteiger partial charge in [0, 0.05) is 13.7 Å². The summed E-state index contributed by atoms with van der Waals surface area (Å²) in [4.78, 5) is 14.1. The van der Waals surface area contributed by atoms with E-state index < -0.39 is 7.81 Å². The monoisotopic (exact) mass is 442 g/mol. The molecule has 0 N–H and O–H groups in total. The van der Waals surface area contributed by atoms with Crippen molar-refractivity contribution in [1.29, 1.82) is 0 Å². The van der Waals surface area contributed by atoms with E-state index >= 15 is 0 Å². The summed E-state index contributed by atoms with van der Waals surface area (Å²) in [6.07, 6.45) is 8.50. The molecule has 0 fully saturated rings. The molecule has 1 aliphatic rings. The van der Waals surface area contributed by atoms with E-state index in [1.54, 1.807) is 0 Å². The van der Waals surface area contributed by atoms with E-state index in [4.69, 9.17) is 9.47 Å². The summed E-state index contributed by atoms with van der Waals surface area (Å²) in [6.45, 7) is 9.19. The molecule has 1 atom stereocenters. The first-order valence-electron chi connectivity index (χ1n) is 8.75. The molecule has 0 aromatic carbocycles. The van der Waals surface area contributed by atoms with Gasteiger partial charge in [-0.2, -0.15) is 0 Å². The van der Waals surface area contributed by atoms with Gasteiger partial charge in [0.15, 0.2) is 6.67 Å². The summed E-state index contributed by atoms with van der Waals surface area (Å²) in [7, 11) is -8.61. The number of carbonyl (C=O) groups excluding carboxylic acids is 1. The SMILES string of the molecule is CCCC[N+]1(C=C(C)C(=O)OCCOCC)C=CN(C)C1.F[P-](F)(F)(F)(F)F. The Kier molecular flexibility index (Phi) is 9.01. The number of hydrogen-bond acceptors (Lipinski definition) is 4. The standard InChI is InChI=1S/C16H29N2O3.F6P/c1-5-7-9-18(10-8-17(4)14-18)13-15(3)16(19)21-12-11-20-6-2;1-7(2,3,4,5)6/h8,10,13H,5-7,9,11-12,14H2,1-4H3;/q+1;-1. The molecule has 0 saturated heterocycles. The Morgan fingerprint density at radius 1 is 1.18 bits per heavy atom. The van der Waals surface area contributed by atoms with E-state index in [0.29, 0.717) is 29.9 Å². The molecule has 1 aliphatic heterocycles. The molecule has 0 aliphatic carbocycles. The Morgan fingerprint density at radius 2 is 1.75 bits per heavy atom. The Balaban J connectivity index is 0.000000887. The van der Waals surface area contributed by atoms with Gasteiger partial charge in [-0.25, -0.2) is 4.79 Å². The second-order valence-electron chi connectivity index (χ2n) is 6.48. The fourth-order valence-electron chi connectivity index (χ4n) is 2.39. The first-order chi connectivity index (χ1) is 12.5. The number of nitrogens with zero attached hydrogens (tertiary/aromatic N) is 2. The second kappa shape index (κ2) is 9.45. The number of carbonyl (C=O) groups is 1. The third-order valence-corrected chi connectivity index (χ3v) is 3.47. The molecule has 0 saturated carbocycles. The van der Waals surface area contributed by atoms with Gasteiger partial charge in [0.1, 0.15) is 19.0 Å². The molecular weight excluding hydrogens is 413 g/mol. The minimum atomic E-state index is -10.7. The number of halogens is 6. The van der Waals surface area contributed by atoms with Gasteiger partial charge in [0.05, 0.1) is 24.9 Å². The van der Waals surface area contributed by atoms with E-state index in [-0.39, 0.29) is 5.97 Å². The molecule has 0 aromatic rings. The number of hydrogen-bond donors (Lipinski definition) is 0. The van der Waals surface area contributed by atoms with Crippen molar-refractivity contribution in [3.63, 3.8) is 0 Å². The molecule has 28 heavy (non-hydrogen) atoms. The predicted octanol–water partition coefficient (Wildman–Crippen LogP) is 5.84. The van der Waals surface area contributed by atoms with E-state index in [2.05, 4.69) is 24.2 Å². The van der Waals surface area contributed by atoms with Crippen molar-refractivity contribution >= 4 is 13.8 Å². The van der Waals surface area contributed by atoms with Crippen molar-refractivity contribution < 1.29 is 43.9 Å².